The zero-order valence-corrected chi connectivity index (χ0v) is 9.65. The van der Waals surface area contributed by atoms with E-state index in [4.69, 9.17) is 16.7 Å². The van der Waals surface area contributed by atoms with Gasteiger partial charge in [0.05, 0.1) is 16.5 Å². The first-order valence-electron chi connectivity index (χ1n) is 4.06. The molecule has 78 valence electrons. The summed E-state index contributed by atoms with van der Waals surface area (Å²) in [6.45, 7) is 0.349. The van der Waals surface area contributed by atoms with Gasteiger partial charge >= 0.3 is 0 Å². The lowest BCUT2D eigenvalue weighted by Crippen LogP contribution is -2.20. The number of aliphatic hydroxyl groups excluding tert-OH is 1. The summed E-state index contributed by atoms with van der Waals surface area (Å²) in [6.07, 6.45) is -0.597. The van der Waals surface area contributed by atoms with E-state index in [1.807, 2.05) is 0 Å². The van der Waals surface area contributed by atoms with E-state index in [1.165, 1.54) is 6.07 Å². The van der Waals surface area contributed by atoms with Gasteiger partial charge in [-0.3, -0.25) is 0 Å². The minimum atomic E-state index is -0.597. The summed E-state index contributed by atoms with van der Waals surface area (Å²) < 4.78 is 13.2. The maximum Gasteiger partial charge on any atom is 0.137 e. The van der Waals surface area contributed by atoms with E-state index in [0.29, 0.717) is 11.0 Å². The molecule has 0 bridgehead atoms. The van der Waals surface area contributed by atoms with Crippen molar-refractivity contribution in [3.05, 3.63) is 28.5 Å². The number of nitrogens with one attached hydrogen (secondary N) is 1. The summed E-state index contributed by atoms with van der Waals surface area (Å²) in [5.41, 5.74) is 0.738. The van der Waals surface area contributed by atoms with E-state index < -0.39 is 6.10 Å². The second-order valence-corrected chi connectivity index (χ2v) is 3.98. The molecule has 1 unspecified atom stereocenters. The number of halogens is 3. The number of alkyl halides is 1. The molecule has 1 aromatic rings. The maximum atomic E-state index is 12.8. The minimum Gasteiger partial charge on any atom is -0.390 e. The van der Waals surface area contributed by atoms with Crippen molar-refractivity contribution >= 4 is 33.2 Å². The summed E-state index contributed by atoms with van der Waals surface area (Å²) in [6, 6.07) is 4.55. The van der Waals surface area contributed by atoms with Gasteiger partial charge in [-0.25, -0.2) is 4.39 Å². The van der Waals surface area contributed by atoms with Crippen molar-refractivity contribution in [1.82, 2.24) is 0 Å². The Hall–Kier alpha value is -0.320. The third-order valence-electron chi connectivity index (χ3n) is 1.64. The first-order chi connectivity index (χ1) is 6.63. The quantitative estimate of drug-likeness (QED) is 0.832. The number of hydrogen-bond acceptors (Lipinski definition) is 2. The van der Waals surface area contributed by atoms with Crippen molar-refractivity contribution in [2.45, 2.75) is 6.10 Å². The zero-order valence-electron chi connectivity index (χ0n) is 7.30. The second-order valence-electron chi connectivity index (χ2n) is 2.82. The number of aliphatic hydroxyl groups is 1. The molecular weight excluding hydrogens is 272 g/mol. The van der Waals surface area contributed by atoms with Crippen LogP contribution in [-0.2, 0) is 0 Å². The minimum absolute atomic E-state index is 0.176. The molecule has 0 radical (unpaired) electrons. The zero-order chi connectivity index (χ0) is 10.6. The van der Waals surface area contributed by atoms with Gasteiger partial charge in [-0.05, 0) is 34.1 Å². The molecule has 0 spiro atoms. The number of hydrogen-bond donors (Lipinski definition) is 2. The van der Waals surface area contributed by atoms with Crippen LogP contribution in [0.15, 0.2) is 22.7 Å². The maximum absolute atomic E-state index is 12.8. The second kappa shape index (κ2) is 5.53. The van der Waals surface area contributed by atoms with Crippen molar-refractivity contribution in [1.29, 1.82) is 0 Å². The van der Waals surface area contributed by atoms with Crippen molar-refractivity contribution in [2.75, 3.05) is 17.7 Å². The summed E-state index contributed by atoms with van der Waals surface area (Å²) in [4.78, 5) is 0. The van der Waals surface area contributed by atoms with Gasteiger partial charge in [-0.1, -0.05) is 0 Å². The average molecular weight is 283 g/mol. The molecule has 5 heteroatoms. The molecule has 2 nitrogen and oxygen atoms in total. The lowest BCUT2D eigenvalue weighted by Gasteiger charge is -2.10. The topological polar surface area (TPSA) is 32.3 Å². The normalized spacial score (nSPS) is 12.6. The molecule has 1 atom stereocenters. The summed E-state index contributed by atoms with van der Waals surface area (Å²) in [7, 11) is 0. The van der Waals surface area contributed by atoms with Gasteiger partial charge in [-0.15, -0.1) is 11.6 Å². The van der Waals surface area contributed by atoms with E-state index in [-0.39, 0.29) is 11.7 Å². The average Bonchev–Trinajstić information content (AvgIpc) is 2.19. The van der Waals surface area contributed by atoms with Crippen LogP contribution in [0.1, 0.15) is 0 Å². The van der Waals surface area contributed by atoms with Gasteiger partial charge in [-0.2, -0.15) is 0 Å². The summed E-state index contributed by atoms with van der Waals surface area (Å²) in [5, 5.41) is 12.1. The van der Waals surface area contributed by atoms with Crippen molar-refractivity contribution in [3.8, 4) is 0 Å². The molecule has 0 aliphatic carbocycles. The van der Waals surface area contributed by atoms with Crippen LogP contribution in [0.25, 0.3) is 0 Å². The third-order valence-corrected chi connectivity index (χ3v) is 2.60. The van der Waals surface area contributed by atoms with Crippen molar-refractivity contribution in [2.24, 2.45) is 0 Å². The molecular formula is C9H10BrClFNO. The van der Waals surface area contributed by atoms with Crippen LogP contribution in [-0.4, -0.2) is 23.6 Å². The highest BCUT2D eigenvalue weighted by Gasteiger charge is 2.03. The Bertz CT molecular complexity index is 311. The molecule has 0 aromatic heterocycles. The summed E-state index contributed by atoms with van der Waals surface area (Å²) in [5.74, 6) is -0.136. The van der Waals surface area contributed by atoms with Gasteiger partial charge in [0.15, 0.2) is 0 Å². The lowest BCUT2D eigenvalue weighted by molar-refractivity contribution is 0.211. The molecule has 0 fully saturated rings. The Morgan fingerprint density at radius 3 is 2.86 bits per heavy atom. The van der Waals surface area contributed by atoms with E-state index in [0.717, 1.165) is 5.69 Å². The molecule has 0 saturated heterocycles. The Morgan fingerprint density at radius 1 is 1.57 bits per heavy atom. The molecule has 2 N–H and O–H groups in total. The molecule has 0 amide bonds. The van der Waals surface area contributed by atoms with Crippen LogP contribution in [0.2, 0.25) is 0 Å². The van der Waals surface area contributed by atoms with Crippen LogP contribution in [0.3, 0.4) is 0 Å². The molecule has 1 rings (SSSR count). The van der Waals surface area contributed by atoms with Crippen LogP contribution >= 0.6 is 27.5 Å². The SMILES string of the molecule is OC(CCl)CNc1ccc(F)c(Br)c1. The predicted molar refractivity (Wildman–Crippen MR) is 59.3 cm³/mol. The fourth-order valence-corrected chi connectivity index (χ4v) is 1.38. The molecule has 0 saturated carbocycles. The standard InChI is InChI=1S/C9H10BrClFNO/c10-8-3-6(1-2-9(8)12)13-5-7(14)4-11/h1-3,7,13-14H,4-5H2. The first-order valence-corrected chi connectivity index (χ1v) is 5.39. The van der Waals surface area contributed by atoms with Crippen LogP contribution in [0, 0.1) is 5.82 Å². The molecule has 0 aliphatic rings. The van der Waals surface area contributed by atoms with Gasteiger partial charge in [0.25, 0.3) is 0 Å². The Balaban J connectivity index is 2.55. The third kappa shape index (κ3) is 3.44. The van der Waals surface area contributed by atoms with Crippen LogP contribution in [0.5, 0.6) is 0 Å². The highest BCUT2D eigenvalue weighted by Crippen LogP contribution is 2.19. The highest BCUT2D eigenvalue weighted by molar-refractivity contribution is 9.10. The molecule has 0 heterocycles. The molecule has 14 heavy (non-hydrogen) atoms. The fourth-order valence-electron chi connectivity index (χ4n) is 0.896. The fraction of sp³-hybridized carbons (Fsp3) is 0.333. The molecule has 0 aliphatic heterocycles. The largest absolute Gasteiger partial charge is 0.390 e. The Kier molecular flexibility index (Phi) is 4.65. The smallest absolute Gasteiger partial charge is 0.137 e. The van der Waals surface area contributed by atoms with Crippen LogP contribution in [0.4, 0.5) is 10.1 Å². The predicted octanol–water partition coefficient (Wildman–Crippen LogP) is 2.60. The highest BCUT2D eigenvalue weighted by atomic mass is 79.9. The monoisotopic (exact) mass is 281 g/mol. The van der Waals surface area contributed by atoms with Gasteiger partial charge < -0.3 is 10.4 Å². The molecule has 1 aromatic carbocycles. The van der Waals surface area contributed by atoms with Crippen molar-refractivity contribution in [3.63, 3.8) is 0 Å². The Labute approximate surface area is 95.2 Å². The van der Waals surface area contributed by atoms with Gasteiger partial charge in [0.1, 0.15) is 5.82 Å². The number of anilines is 1. The Morgan fingerprint density at radius 2 is 2.29 bits per heavy atom. The van der Waals surface area contributed by atoms with Gasteiger partial charge in [0.2, 0.25) is 0 Å². The van der Waals surface area contributed by atoms with Crippen molar-refractivity contribution < 1.29 is 9.50 Å². The number of benzene rings is 1. The van der Waals surface area contributed by atoms with Gasteiger partial charge in [0, 0.05) is 12.2 Å². The lowest BCUT2D eigenvalue weighted by atomic mass is 10.3. The number of rotatable bonds is 4. The van der Waals surface area contributed by atoms with Crippen LogP contribution < -0.4 is 5.32 Å². The van der Waals surface area contributed by atoms with E-state index in [2.05, 4.69) is 21.2 Å². The first kappa shape index (κ1) is 11.8. The van der Waals surface area contributed by atoms with E-state index in [1.54, 1.807) is 12.1 Å². The van der Waals surface area contributed by atoms with E-state index >= 15 is 0 Å². The van der Waals surface area contributed by atoms with E-state index in [9.17, 15) is 4.39 Å². The summed E-state index contributed by atoms with van der Waals surface area (Å²) >= 11 is 8.48.